The highest BCUT2D eigenvalue weighted by Gasteiger charge is 2.38. The molecule has 0 bridgehead atoms. The average Bonchev–Trinajstić information content (AvgIpc) is 2.38. The SMILES string of the molecule is OC1CCOC(C2CCC(CC3CCC3)CC2)C1O. The number of rotatable bonds is 3. The maximum absolute atomic E-state index is 10.1. The Kier molecular flexibility index (Phi) is 4.45. The fourth-order valence-electron chi connectivity index (χ4n) is 4.18. The predicted octanol–water partition coefficient (Wildman–Crippen LogP) is 2.49. The van der Waals surface area contributed by atoms with E-state index in [0.717, 1.165) is 11.8 Å². The second kappa shape index (κ2) is 6.11. The molecule has 3 nitrogen and oxygen atoms in total. The van der Waals surface area contributed by atoms with Crippen LogP contribution >= 0.6 is 0 Å². The van der Waals surface area contributed by atoms with Gasteiger partial charge in [-0.3, -0.25) is 0 Å². The molecule has 3 atom stereocenters. The molecule has 0 aromatic heterocycles. The first-order valence-electron chi connectivity index (χ1n) is 8.22. The molecular formula is C16H28O3. The third-order valence-corrected chi connectivity index (χ3v) is 5.70. The molecule has 0 radical (unpaired) electrons. The number of ether oxygens (including phenoxy) is 1. The van der Waals surface area contributed by atoms with Crippen LogP contribution in [0.25, 0.3) is 0 Å². The Morgan fingerprint density at radius 3 is 2.16 bits per heavy atom. The van der Waals surface area contributed by atoms with Crippen LogP contribution in [0.2, 0.25) is 0 Å². The summed E-state index contributed by atoms with van der Waals surface area (Å²) in [4.78, 5) is 0. The lowest BCUT2D eigenvalue weighted by Gasteiger charge is -2.41. The molecule has 2 N–H and O–H groups in total. The summed E-state index contributed by atoms with van der Waals surface area (Å²) in [5.41, 5.74) is 0. The molecule has 19 heavy (non-hydrogen) atoms. The average molecular weight is 268 g/mol. The number of hydrogen-bond donors (Lipinski definition) is 2. The van der Waals surface area contributed by atoms with E-state index in [1.165, 1.54) is 51.4 Å². The van der Waals surface area contributed by atoms with Crippen LogP contribution in [-0.4, -0.2) is 35.1 Å². The van der Waals surface area contributed by atoms with Crippen molar-refractivity contribution in [1.29, 1.82) is 0 Å². The Morgan fingerprint density at radius 2 is 1.53 bits per heavy atom. The van der Waals surface area contributed by atoms with Crippen molar-refractivity contribution < 1.29 is 14.9 Å². The van der Waals surface area contributed by atoms with Gasteiger partial charge < -0.3 is 14.9 Å². The molecule has 3 unspecified atom stereocenters. The minimum absolute atomic E-state index is 0.117. The van der Waals surface area contributed by atoms with Gasteiger partial charge >= 0.3 is 0 Å². The molecule has 3 rings (SSSR count). The van der Waals surface area contributed by atoms with E-state index in [1.807, 2.05) is 0 Å². The summed E-state index contributed by atoms with van der Waals surface area (Å²) in [6, 6.07) is 0. The Morgan fingerprint density at radius 1 is 0.842 bits per heavy atom. The van der Waals surface area contributed by atoms with Crippen molar-refractivity contribution in [3.63, 3.8) is 0 Å². The van der Waals surface area contributed by atoms with Gasteiger partial charge in [0.1, 0.15) is 6.10 Å². The summed E-state index contributed by atoms with van der Waals surface area (Å²) in [6.07, 6.45) is 9.94. The van der Waals surface area contributed by atoms with Crippen LogP contribution in [0.3, 0.4) is 0 Å². The van der Waals surface area contributed by atoms with Crippen LogP contribution in [0.1, 0.15) is 57.8 Å². The highest BCUT2D eigenvalue weighted by molar-refractivity contribution is 4.89. The van der Waals surface area contributed by atoms with E-state index in [1.54, 1.807) is 0 Å². The standard InChI is InChI=1S/C16H28O3/c17-14-8-9-19-16(15(14)18)13-6-4-12(5-7-13)10-11-2-1-3-11/h11-18H,1-10H2. The van der Waals surface area contributed by atoms with Gasteiger partial charge in [-0.05, 0) is 43.4 Å². The summed E-state index contributed by atoms with van der Waals surface area (Å²) < 4.78 is 5.74. The van der Waals surface area contributed by atoms with E-state index < -0.39 is 12.2 Å². The summed E-state index contributed by atoms with van der Waals surface area (Å²) in [5, 5.41) is 19.8. The highest BCUT2D eigenvalue weighted by Crippen LogP contribution is 2.41. The lowest BCUT2D eigenvalue weighted by molar-refractivity contribution is -0.158. The minimum atomic E-state index is -0.665. The maximum atomic E-state index is 10.1. The van der Waals surface area contributed by atoms with Crippen LogP contribution in [0, 0.1) is 17.8 Å². The van der Waals surface area contributed by atoms with Crippen LogP contribution < -0.4 is 0 Å². The summed E-state index contributed by atoms with van der Waals surface area (Å²) >= 11 is 0. The second-order valence-electron chi connectivity index (χ2n) is 7.00. The zero-order chi connectivity index (χ0) is 13.2. The van der Waals surface area contributed by atoms with Gasteiger partial charge in [0.05, 0.1) is 12.2 Å². The monoisotopic (exact) mass is 268 g/mol. The van der Waals surface area contributed by atoms with Crippen molar-refractivity contribution in [2.24, 2.45) is 17.8 Å². The van der Waals surface area contributed by atoms with Crippen molar-refractivity contribution in [2.45, 2.75) is 76.1 Å². The van der Waals surface area contributed by atoms with Crippen molar-refractivity contribution in [3.05, 3.63) is 0 Å². The highest BCUT2D eigenvalue weighted by atomic mass is 16.5. The predicted molar refractivity (Wildman–Crippen MR) is 73.8 cm³/mol. The van der Waals surface area contributed by atoms with Gasteiger partial charge in [0.25, 0.3) is 0 Å². The van der Waals surface area contributed by atoms with Gasteiger partial charge in [0.2, 0.25) is 0 Å². The lowest BCUT2D eigenvalue weighted by atomic mass is 9.71. The Labute approximate surface area is 116 Å². The third kappa shape index (κ3) is 3.14. The van der Waals surface area contributed by atoms with Crippen LogP contribution in [0.5, 0.6) is 0 Å². The molecule has 2 saturated carbocycles. The number of aliphatic hydroxyl groups is 2. The fraction of sp³-hybridized carbons (Fsp3) is 1.00. The van der Waals surface area contributed by atoms with Crippen LogP contribution in [0.15, 0.2) is 0 Å². The molecule has 0 aromatic carbocycles. The molecule has 2 aliphatic carbocycles. The Bertz CT molecular complexity index is 282. The smallest absolute Gasteiger partial charge is 0.106 e. The summed E-state index contributed by atoms with van der Waals surface area (Å²) in [7, 11) is 0. The molecule has 3 heteroatoms. The van der Waals surface area contributed by atoms with Crippen molar-refractivity contribution >= 4 is 0 Å². The van der Waals surface area contributed by atoms with Gasteiger partial charge in [-0.25, -0.2) is 0 Å². The second-order valence-corrected chi connectivity index (χ2v) is 7.00. The van der Waals surface area contributed by atoms with Gasteiger partial charge in [-0.15, -0.1) is 0 Å². The zero-order valence-corrected chi connectivity index (χ0v) is 11.8. The van der Waals surface area contributed by atoms with E-state index in [-0.39, 0.29) is 6.10 Å². The van der Waals surface area contributed by atoms with Crippen molar-refractivity contribution in [3.8, 4) is 0 Å². The third-order valence-electron chi connectivity index (χ3n) is 5.70. The molecular weight excluding hydrogens is 240 g/mol. The zero-order valence-electron chi connectivity index (χ0n) is 11.8. The topological polar surface area (TPSA) is 49.7 Å². The van der Waals surface area contributed by atoms with Gasteiger partial charge in [0, 0.05) is 6.61 Å². The molecule has 0 amide bonds. The first kappa shape index (κ1) is 13.8. The van der Waals surface area contributed by atoms with Crippen molar-refractivity contribution in [1.82, 2.24) is 0 Å². The van der Waals surface area contributed by atoms with Gasteiger partial charge in [-0.2, -0.15) is 0 Å². The largest absolute Gasteiger partial charge is 0.390 e. The first-order valence-corrected chi connectivity index (χ1v) is 8.22. The number of hydrogen-bond acceptors (Lipinski definition) is 3. The minimum Gasteiger partial charge on any atom is -0.390 e. The van der Waals surface area contributed by atoms with Gasteiger partial charge in [-0.1, -0.05) is 32.1 Å². The first-order chi connectivity index (χ1) is 9.24. The molecule has 1 aliphatic heterocycles. The van der Waals surface area contributed by atoms with E-state index in [9.17, 15) is 10.2 Å². The molecule has 1 heterocycles. The normalized spacial score (nSPS) is 44.8. The van der Waals surface area contributed by atoms with E-state index in [2.05, 4.69) is 0 Å². The molecule has 0 spiro atoms. The lowest BCUT2D eigenvalue weighted by Crippen LogP contribution is -2.48. The van der Waals surface area contributed by atoms with Crippen molar-refractivity contribution in [2.75, 3.05) is 6.61 Å². The van der Waals surface area contributed by atoms with Crippen LogP contribution in [-0.2, 0) is 4.74 Å². The Balaban J connectivity index is 1.46. The maximum Gasteiger partial charge on any atom is 0.106 e. The quantitative estimate of drug-likeness (QED) is 0.827. The molecule has 3 aliphatic rings. The Hall–Kier alpha value is -0.120. The van der Waals surface area contributed by atoms with Gasteiger partial charge in [0.15, 0.2) is 0 Å². The summed E-state index contributed by atoms with van der Waals surface area (Å²) in [6.45, 7) is 0.602. The molecule has 1 saturated heterocycles. The molecule has 110 valence electrons. The van der Waals surface area contributed by atoms with E-state index >= 15 is 0 Å². The van der Waals surface area contributed by atoms with E-state index in [0.29, 0.717) is 18.9 Å². The fourth-order valence-corrected chi connectivity index (χ4v) is 4.18. The van der Waals surface area contributed by atoms with Crippen LogP contribution in [0.4, 0.5) is 0 Å². The van der Waals surface area contributed by atoms with E-state index in [4.69, 9.17) is 4.74 Å². The number of aliphatic hydroxyl groups excluding tert-OH is 2. The molecule has 3 fully saturated rings. The molecule has 0 aromatic rings. The summed E-state index contributed by atoms with van der Waals surface area (Å²) in [5.74, 6) is 2.38.